The molecule has 0 amide bonds. The van der Waals surface area contributed by atoms with Crippen molar-refractivity contribution >= 4 is 0 Å². The van der Waals surface area contributed by atoms with E-state index >= 15 is 0 Å². The highest BCUT2D eigenvalue weighted by Gasteiger charge is 2.31. The molecule has 0 saturated carbocycles. The number of piperidine rings is 1. The molecule has 1 aromatic carbocycles. The van der Waals surface area contributed by atoms with Crippen LogP contribution in [0.25, 0.3) is 0 Å². The van der Waals surface area contributed by atoms with Gasteiger partial charge in [-0.2, -0.15) is 0 Å². The van der Waals surface area contributed by atoms with Crippen molar-refractivity contribution in [2.45, 2.75) is 32.2 Å². The number of alkyl halides is 3. The molecular formula is C13H17F3N2O. The molecule has 1 aliphatic heterocycles. The molecule has 3 nitrogen and oxygen atoms in total. The molecule has 1 aliphatic rings. The number of nitrogens with one attached hydrogen (secondary N) is 1. The van der Waals surface area contributed by atoms with Crippen LogP contribution in [0.3, 0.4) is 0 Å². The fourth-order valence-electron chi connectivity index (χ4n) is 2.11. The molecule has 0 unspecified atom stereocenters. The molecular weight excluding hydrogens is 257 g/mol. The van der Waals surface area contributed by atoms with E-state index < -0.39 is 6.36 Å². The molecule has 0 aromatic heterocycles. The van der Waals surface area contributed by atoms with Crippen LogP contribution in [0.15, 0.2) is 24.3 Å². The highest BCUT2D eigenvalue weighted by molar-refractivity contribution is 5.28. The van der Waals surface area contributed by atoms with Crippen molar-refractivity contribution in [3.63, 3.8) is 0 Å². The smallest absolute Gasteiger partial charge is 0.406 e. The molecule has 0 bridgehead atoms. The Morgan fingerprint density at radius 1 is 1.16 bits per heavy atom. The molecule has 1 aromatic rings. The van der Waals surface area contributed by atoms with Gasteiger partial charge in [-0.05, 0) is 30.5 Å². The number of hydrogen-bond donors (Lipinski definition) is 1. The van der Waals surface area contributed by atoms with Crippen LogP contribution in [0, 0.1) is 0 Å². The summed E-state index contributed by atoms with van der Waals surface area (Å²) in [7, 11) is 0. The lowest BCUT2D eigenvalue weighted by Gasteiger charge is -2.27. The Morgan fingerprint density at radius 2 is 1.89 bits per heavy atom. The molecule has 106 valence electrons. The third-order valence-corrected chi connectivity index (χ3v) is 2.99. The summed E-state index contributed by atoms with van der Waals surface area (Å²) in [6, 6.07) is 6.05. The van der Waals surface area contributed by atoms with Crippen LogP contribution in [-0.2, 0) is 6.54 Å². The van der Waals surface area contributed by atoms with Crippen molar-refractivity contribution in [2.24, 2.45) is 0 Å². The fraction of sp³-hybridized carbons (Fsp3) is 0.538. The number of ether oxygens (including phenoxy) is 1. The minimum atomic E-state index is -4.64. The van der Waals surface area contributed by atoms with Crippen LogP contribution in [0.1, 0.15) is 24.8 Å². The normalized spacial score (nSPS) is 17.4. The first kappa shape index (κ1) is 14.1. The van der Waals surface area contributed by atoms with E-state index in [2.05, 4.69) is 15.2 Å². The Morgan fingerprint density at radius 3 is 2.58 bits per heavy atom. The van der Waals surface area contributed by atoms with Crippen LogP contribution in [0.5, 0.6) is 5.75 Å². The second-order valence-electron chi connectivity index (χ2n) is 4.58. The lowest BCUT2D eigenvalue weighted by Crippen LogP contribution is -2.41. The monoisotopic (exact) mass is 274 g/mol. The Labute approximate surface area is 110 Å². The highest BCUT2D eigenvalue weighted by atomic mass is 19.4. The van der Waals surface area contributed by atoms with E-state index in [9.17, 15) is 13.2 Å². The molecule has 1 fully saturated rings. The molecule has 0 radical (unpaired) electrons. The number of benzene rings is 1. The molecule has 19 heavy (non-hydrogen) atoms. The second kappa shape index (κ2) is 6.25. The minimum Gasteiger partial charge on any atom is -0.406 e. The van der Waals surface area contributed by atoms with Gasteiger partial charge in [-0.15, -0.1) is 13.2 Å². The van der Waals surface area contributed by atoms with E-state index in [1.165, 1.54) is 18.6 Å². The van der Waals surface area contributed by atoms with E-state index in [-0.39, 0.29) is 5.75 Å². The summed E-state index contributed by atoms with van der Waals surface area (Å²) in [6.45, 7) is 2.48. The standard InChI is InChI=1S/C13H17F3N2O/c14-13(15,16)19-12-6-4-5-11(9-12)10-17-18-7-2-1-3-8-18/h4-6,9,17H,1-3,7-8,10H2. The first-order valence-corrected chi connectivity index (χ1v) is 6.36. The van der Waals surface area contributed by atoms with E-state index in [4.69, 9.17) is 0 Å². The molecule has 1 heterocycles. The number of halogens is 3. The van der Waals surface area contributed by atoms with E-state index in [0.29, 0.717) is 6.54 Å². The van der Waals surface area contributed by atoms with Crippen molar-refractivity contribution in [1.29, 1.82) is 0 Å². The maximum atomic E-state index is 12.1. The van der Waals surface area contributed by atoms with Gasteiger partial charge < -0.3 is 4.74 Å². The average molecular weight is 274 g/mol. The molecule has 1 saturated heterocycles. The summed E-state index contributed by atoms with van der Waals surface area (Å²) < 4.78 is 40.2. The van der Waals surface area contributed by atoms with Crippen LogP contribution in [0.4, 0.5) is 13.2 Å². The summed E-state index contributed by atoms with van der Waals surface area (Å²) in [4.78, 5) is 0. The molecule has 0 spiro atoms. The quantitative estimate of drug-likeness (QED) is 0.913. The third kappa shape index (κ3) is 5.08. The topological polar surface area (TPSA) is 24.5 Å². The molecule has 1 N–H and O–H groups in total. The zero-order valence-electron chi connectivity index (χ0n) is 10.5. The molecule has 6 heteroatoms. The van der Waals surface area contributed by atoms with Gasteiger partial charge in [0.25, 0.3) is 0 Å². The van der Waals surface area contributed by atoms with Gasteiger partial charge in [0.15, 0.2) is 0 Å². The number of hydrazine groups is 1. The van der Waals surface area contributed by atoms with Gasteiger partial charge in [0.1, 0.15) is 5.75 Å². The molecule has 0 atom stereocenters. The molecule has 0 aliphatic carbocycles. The van der Waals surface area contributed by atoms with Crippen LogP contribution < -0.4 is 10.2 Å². The molecule has 2 rings (SSSR count). The zero-order chi connectivity index (χ0) is 13.7. The summed E-state index contributed by atoms with van der Waals surface area (Å²) >= 11 is 0. The maximum Gasteiger partial charge on any atom is 0.573 e. The summed E-state index contributed by atoms with van der Waals surface area (Å²) in [5, 5.41) is 2.11. The van der Waals surface area contributed by atoms with E-state index in [1.54, 1.807) is 12.1 Å². The number of rotatable bonds is 4. The SMILES string of the molecule is FC(F)(F)Oc1cccc(CNN2CCCCC2)c1. The predicted molar refractivity (Wildman–Crippen MR) is 65.4 cm³/mol. The number of nitrogens with zero attached hydrogens (tertiary/aromatic N) is 1. The number of hydrogen-bond acceptors (Lipinski definition) is 3. The Bertz CT molecular complexity index is 403. The van der Waals surface area contributed by atoms with Crippen LogP contribution >= 0.6 is 0 Å². The van der Waals surface area contributed by atoms with Gasteiger partial charge in [-0.25, -0.2) is 5.01 Å². The van der Waals surface area contributed by atoms with E-state index in [0.717, 1.165) is 31.5 Å². The van der Waals surface area contributed by atoms with E-state index in [1.807, 2.05) is 0 Å². The zero-order valence-corrected chi connectivity index (χ0v) is 10.5. The van der Waals surface area contributed by atoms with Gasteiger partial charge >= 0.3 is 6.36 Å². The van der Waals surface area contributed by atoms with Gasteiger partial charge in [-0.1, -0.05) is 18.6 Å². The van der Waals surface area contributed by atoms with Gasteiger partial charge in [0.2, 0.25) is 0 Å². The van der Waals surface area contributed by atoms with Crippen molar-refractivity contribution < 1.29 is 17.9 Å². The summed E-state index contributed by atoms with van der Waals surface area (Å²) in [5.41, 5.74) is 4.00. The van der Waals surface area contributed by atoms with Gasteiger partial charge in [-0.3, -0.25) is 5.43 Å². The van der Waals surface area contributed by atoms with Crippen LogP contribution in [0.2, 0.25) is 0 Å². The van der Waals surface area contributed by atoms with Crippen molar-refractivity contribution in [3.05, 3.63) is 29.8 Å². The summed E-state index contributed by atoms with van der Waals surface area (Å²) in [5.74, 6) is -0.176. The third-order valence-electron chi connectivity index (χ3n) is 2.99. The first-order valence-electron chi connectivity index (χ1n) is 6.36. The van der Waals surface area contributed by atoms with Gasteiger partial charge in [0, 0.05) is 19.6 Å². The largest absolute Gasteiger partial charge is 0.573 e. The Balaban J connectivity index is 1.87. The average Bonchev–Trinajstić information content (AvgIpc) is 2.36. The maximum absolute atomic E-state index is 12.1. The highest BCUT2D eigenvalue weighted by Crippen LogP contribution is 2.23. The van der Waals surface area contributed by atoms with Crippen molar-refractivity contribution in [1.82, 2.24) is 10.4 Å². The lowest BCUT2D eigenvalue weighted by atomic mass is 10.2. The van der Waals surface area contributed by atoms with Crippen molar-refractivity contribution in [2.75, 3.05) is 13.1 Å². The minimum absolute atomic E-state index is 0.176. The first-order chi connectivity index (χ1) is 9.03. The second-order valence-corrected chi connectivity index (χ2v) is 4.58. The Kier molecular flexibility index (Phi) is 4.66. The summed E-state index contributed by atoms with van der Waals surface area (Å²) in [6.07, 6.45) is -1.08. The Hall–Kier alpha value is -1.27. The van der Waals surface area contributed by atoms with Gasteiger partial charge in [0.05, 0.1) is 0 Å². The lowest BCUT2D eigenvalue weighted by molar-refractivity contribution is -0.274. The van der Waals surface area contributed by atoms with Crippen molar-refractivity contribution in [3.8, 4) is 5.75 Å². The fourth-order valence-corrected chi connectivity index (χ4v) is 2.11. The predicted octanol–water partition coefficient (Wildman–Crippen LogP) is 3.08. The van der Waals surface area contributed by atoms with Crippen LogP contribution in [-0.4, -0.2) is 24.5 Å².